The van der Waals surface area contributed by atoms with Gasteiger partial charge in [0, 0.05) is 36.7 Å². The average molecular weight is 374 g/mol. The smallest absolute Gasteiger partial charge is 0.260 e. The lowest BCUT2D eigenvalue weighted by Gasteiger charge is -2.57. The van der Waals surface area contributed by atoms with Gasteiger partial charge in [-0.25, -0.2) is 0 Å². The Balaban J connectivity index is 2.38. The minimum absolute atomic E-state index is 0.102. The molecule has 0 unspecified atom stereocenters. The van der Waals surface area contributed by atoms with Crippen LogP contribution in [-0.4, -0.2) is 37.4 Å². The highest BCUT2D eigenvalue weighted by atomic mass is 16.7. The van der Waals surface area contributed by atoms with E-state index < -0.39 is 17.1 Å². The van der Waals surface area contributed by atoms with Gasteiger partial charge in [0.05, 0.1) is 5.57 Å². The summed E-state index contributed by atoms with van der Waals surface area (Å²) in [5.74, 6) is -3.16. The molecule has 3 aliphatic rings. The van der Waals surface area contributed by atoms with Gasteiger partial charge in [-0.3, -0.25) is 14.4 Å². The summed E-state index contributed by atoms with van der Waals surface area (Å²) in [6.07, 6.45) is 3.93. The van der Waals surface area contributed by atoms with E-state index >= 15 is 0 Å². The second-order valence-electron chi connectivity index (χ2n) is 9.28. The van der Waals surface area contributed by atoms with E-state index in [1.807, 2.05) is 20.8 Å². The number of carbonyl (C=O) groups is 3. The van der Waals surface area contributed by atoms with Gasteiger partial charge in [0.1, 0.15) is 0 Å². The van der Waals surface area contributed by atoms with Crippen LogP contribution < -0.4 is 0 Å². The zero-order valence-corrected chi connectivity index (χ0v) is 17.4. The third-order valence-corrected chi connectivity index (χ3v) is 6.89. The van der Waals surface area contributed by atoms with Crippen molar-refractivity contribution in [3.63, 3.8) is 0 Å². The monoisotopic (exact) mass is 374 g/mol. The van der Waals surface area contributed by atoms with Crippen molar-refractivity contribution in [1.29, 1.82) is 0 Å². The molecule has 0 aliphatic heterocycles. The van der Waals surface area contributed by atoms with E-state index in [1.54, 1.807) is 0 Å². The van der Waals surface area contributed by atoms with Crippen LogP contribution in [0.3, 0.4) is 0 Å². The highest BCUT2D eigenvalue weighted by molar-refractivity contribution is 6.27. The molecule has 0 spiro atoms. The van der Waals surface area contributed by atoms with Crippen LogP contribution in [0, 0.1) is 22.7 Å². The Labute approximate surface area is 161 Å². The van der Waals surface area contributed by atoms with Crippen molar-refractivity contribution in [3.05, 3.63) is 22.8 Å². The van der Waals surface area contributed by atoms with E-state index in [2.05, 4.69) is 13.8 Å². The molecule has 0 aromatic carbocycles. The summed E-state index contributed by atoms with van der Waals surface area (Å²) in [6.45, 7) is 9.80. The molecule has 27 heavy (non-hydrogen) atoms. The Morgan fingerprint density at radius 1 is 1.00 bits per heavy atom. The third-order valence-electron chi connectivity index (χ3n) is 6.89. The Bertz CT molecular complexity index is 779. The van der Waals surface area contributed by atoms with E-state index in [1.165, 1.54) is 20.3 Å². The Morgan fingerprint density at radius 3 is 2.11 bits per heavy atom. The highest BCUT2D eigenvalue weighted by Crippen LogP contribution is 2.61. The van der Waals surface area contributed by atoms with Gasteiger partial charge in [0.2, 0.25) is 5.78 Å². The number of rotatable bonds is 3. The first-order valence-corrected chi connectivity index (χ1v) is 9.68. The van der Waals surface area contributed by atoms with Crippen LogP contribution in [0.4, 0.5) is 0 Å². The minimum Gasteiger partial charge on any atom is -0.343 e. The summed E-state index contributed by atoms with van der Waals surface area (Å²) >= 11 is 0. The third kappa shape index (κ3) is 2.47. The van der Waals surface area contributed by atoms with Crippen molar-refractivity contribution in [3.8, 4) is 0 Å². The number of ether oxygens (including phenoxy) is 2. The first-order chi connectivity index (χ1) is 12.5. The maximum absolute atomic E-state index is 13.8. The first-order valence-electron chi connectivity index (χ1n) is 9.68. The molecule has 0 amide bonds. The fourth-order valence-corrected chi connectivity index (χ4v) is 5.75. The molecule has 0 aromatic rings. The Kier molecular flexibility index (Phi) is 4.64. The van der Waals surface area contributed by atoms with Crippen molar-refractivity contribution < 1.29 is 23.9 Å². The molecule has 0 aromatic heterocycles. The van der Waals surface area contributed by atoms with Gasteiger partial charge in [-0.05, 0) is 30.3 Å². The Hall–Kier alpha value is -1.59. The second kappa shape index (κ2) is 6.21. The molecule has 5 nitrogen and oxygen atoms in total. The van der Waals surface area contributed by atoms with Crippen LogP contribution in [0.1, 0.15) is 53.9 Å². The normalized spacial score (nSPS) is 32.4. The van der Waals surface area contributed by atoms with E-state index in [4.69, 9.17) is 9.47 Å². The number of carbonyl (C=O) groups excluding carboxylic acids is 3. The van der Waals surface area contributed by atoms with E-state index in [-0.39, 0.29) is 34.3 Å². The topological polar surface area (TPSA) is 69.7 Å². The fraction of sp³-hybridized carbons (Fsp3) is 0.682. The van der Waals surface area contributed by atoms with Crippen LogP contribution >= 0.6 is 0 Å². The quantitative estimate of drug-likeness (QED) is 0.559. The molecule has 148 valence electrons. The van der Waals surface area contributed by atoms with Gasteiger partial charge in [-0.2, -0.15) is 0 Å². The van der Waals surface area contributed by atoms with Crippen LogP contribution in [0.15, 0.2) is 22.8 Å². The SMILES string of the molecule is COC1(OC)C(=O)[C@H]2C(C)(C)CCC[C@]2(C)C2=C1C(=O)C(C(C)C)=CC2=O. The Morgan fingerprint density at radius 2 is 1.59 bits per heavy atom. The van der Waals surface area contributed by atoms with Crippen molar-refractivity contribution in [1.82, 2.24) is 0 Å². The average Bonchev–Trinajstić information content (AvgIpc) is 2.57. The summed E-state index contributed by atoms with van der Waals surface area (Å²) in [4.78, 5) is 40.5. The van der Waals surface area contributed by atoms with Crippen LogP contribution in [0.2, 0.25) is 0 Å². The zero-order chi connectivity index (χ0) is 20.4. The van der Waals surface area contributed by atoms with Gasteiger partial charge in [0.25, 0.3) is 5.79 Å². The second-order valence-corrected chi connectivity index (χ2v) is 9.28. The molecular weight excluding hydrogens is 344 g/mol. The van der Waals surface area contributed by atoms with Gasteiger partial charge < -0.3 is 9.47 Å². The number of Topliss-reactive ketones (excluding diaryl/α,β-unsaturated/α-hetero) is 2. The molecule has 0 N–H and O–H groups in total. The predicted octanol–water partition coefficient (Wildman–Crippen LogP) is 3.42. The molecule has 3 rings (SSSR count). The standard InChI is InChI=1S/C22H30O5/c1-12(2)13-11-14(23)15-16(17(13)24)22(26-6,27-7)19(25)18-20(3,4)9-8-10-21(15,18)5/h11-12,18H,8-10H2,1-7H3/t18-,21+/m0/s1. The summed E-state index contributed by atoms with van der Waals surface area (Å²) in [6, 6.07) is 0. The number of allylic oxidation sites excluding steroid dienone is 3. The molecule has 0 saturated heterocycles. The molecular formula is C22H30O5. The highest BCUT2D eigenvalue weighted by Gasteiger charge is 2.66. The zero-order valence-electron chi connectivity index (χ0n) is 17.4. The van der Waals surface area contributed by atoms with Gasteiger partial charge >= 0.3 is 0 Å². The van der Waals surface area contributed by atoms with Gasteiger partial charge in [-0.1, -0.05) is 41.0 Å². The van der Waals surface area contributed by atoms with Gasteiger partial charge in [0.15, 0.2) is 11.6 Å². The molecule has 1 saturated carbocycles. The summed E-state index contributed by atoms with van der Waals surface area (Å²) < 4.78 is 11.2. The maximum atomic E-state index is 13.8. The number of ketones is 3. The lowest BCUT2D eigenvalue weighted by molar-refractivity contribution is -0.209. The molecule has 2 atom stereocenters. The molecule has 0 heterocycles. The minimum atomic E-state index is -1.82. The summed E-state index contributed by atoms with van der Waals surface area (Å²) in [5, 5.41) is 0. The van der Waals surface area contributed by atoms with Crippen LogP contribution in [-0.2, 0) is 23.9 Å². The number of hydrogen-bond acceptors (Lipinski definition) is 5. The maximum Gasteiger partial charge on any atom is 0.260 e. The first kappa shape index (κ1) is 20.2. The van der Waals surface area contributed by atoms with Crippen molar-refractivity contribution in [2.45, 2.75) is 59.7 Å². The number of hydrogen-bond donors (Lipinski definition) is 0. The molecule has 0 bridgehead atoms. The number of fused-ring (bicyclic) bond motifs is 2. The molecule has 0 radical (unpaired) electrons. The summed E-state index contributed by atoms with van der Waals surface area (Å²) in [5.41, 5.74) is -0.0955. The largest absolute Gasteiger partial charge is 0.343 e. The van der Waals surface area contributed by atoms with Crippen molar-refractivity contribution >= 4 is 17.3 Å². The lowest BCUT2D eigenvalue weighted by Crippen LogP contribution is -2.64. The fourth-order valence-electron chi connectivity index (χ4n) is 5.75. The molecule has 3 aliphatic carbocycles. The molecule has 5 heteroatoms. The van der Waals surface area contributed by atoms with E-state index in [9.17, 15) is 14.4 Å². The van der Waals surface area contributed by atoms with E-state index in [0.717, 1.165) is 12.8 Å². The number of methoxy groups -OCH3 is 2. The predicted molar refractivity (Wildman–Crippen MR) is 101 cm³/mol. The van der Waals surface area contributed by atoms with E-state index in [0.29, 0.717) is 17.6 Å². The summed E-state index contributed by atoms with van der Waals surface area (Å²) in [7, 11) is 2.74. The van der Waals surface area contributed by atoms with Crippen LogP contribution in [0.25, 0.3) is 0 Å². The lowest BCUT2D eigenvalue weighted by atomic mass is 9.47. The van der Waals surface area contributed by atoms with Gasteiger partial charge in [-0.15, -0.1) is 0 Å². The van der Waals surface area contributed by atoms with Crippen LogP contribution in [0.5, 0.6) is 0 Å². The molecule has 1 fully saturated rings. The van der Waals surface area contributed by atoms with Crippen molar-refractivity contribution in [2.75, 3.05) is 14.2 Å². The van der Waals surface area contributed by atoms with Crippen molar-refractivity contribution in [2.24, 2.45) is 22.7 Å².